The molecular formula is C10H12N4O4. The SMILES string of the molecule is CC(C)(CO)n1cnc2c(=O)[nH]c(=O)[nH]c2c1=O. The van der Waals surface area contributed by atoms with Gasteiger partial charge in [-0.1, -0.05) is 0 Å². The van der Waals surface area contributed by atoms with Crippen molar-refractivity contribution < 1.29 is 5.11 Å². The summed E-state index contributed by atoms with van der Waals surface area (Å²) in [6.45, 7) is 2.98. The summed E-state index contributed by atoms with van der Waals surface area (Å²) >= 11 is 0. The summed E-state index contributed by atoms with van der Waals surface area (Å²) in [4.78, 5) is 42.8. The van der Waals surface area contributed by atoms with E-state index in [9.17, 15) is 19.5 Å². The minimum Gasteiger partial charge on any atom is -0.394 e. The van der Waals surface area contributed by atoms with Crippen molar-refractivity contribution in [2.24, 2.45) is 0 Å². The number of H-pyrrole nitrogens is 2. The summed E-state index contributed by atoms with van der Waals surface area (Å²) in [5, 5.41) is 9.23. The van der Waals surface area contributed by atoms with E-state index in [1.807, 2.05) is 4.98 Å². The number of hydrogen-bond acceptors (Lipinski definition) is 5. The highest BCUT2D eigenvalue weighted by atomic mass is 16.3. The third-order valence-electron chi connectivity index (χ3n) is 2.69. The molecule has 0 aliphatic carbocycles. The molecule has 8 heteroatoms. The van der Waals surface area contributed by atoms with Crippen LogP contribution in [0.25, 0.3) is 11.0 Å². The second kappa shape index (κ2) is 3.91. The lowest BCUT2D eigenvalue weighted by atomic mass is 10.1. The first-order chi connectivity index (χ1) is 8.36. The van der Waals surface area contributed by atoms with Gasteiger partial charge in [0.15, 0.2) is 5.52 Å². The quantitative estimate of drug-likeness (QED) is 0.600. The van der Waals surface area contributed by atoms with Gasteiger partial charge in [0.05, 0.1) is 18.5 Å². The van der Waals surface area contributed by atoms with Gasteiger partial charge in [-0.3, -0.25) is 19.1 Å². The molecule has 8 nitrogen and oxygen atoms in total. The van der Waals surface area contributed by atoms with Gasteiger partial charge in [0.2, 0.25) is 0 Å². The summed E-state index contributed by atoms with van der Waals surface area (Å²) < 4.78 is 1.17. The van der Waals surface area contributed by atoms with E-state index in [1.165, 1.54) is 10.9 Å². The fourth-order valence-electron chi connectivity index (χ4n) is 1.55. The van der Waals surface area contributed by atoms with Crippen LogP contribution < -0.4 is 16.8 Å². The maximum atomic E-state index is 12.1. The molecule has 3 N–H and O–H groups in total. The average molecular weight is 252 g/mol. The summed E-state index contributed by atoms with van der Waals surface area (Å²) in [5.74, 6) is 0. The average Bonchev–Trinajstić information content (AvgIpc) is 2.30. The topological polar surface area (TPSA) is 121 Å². The van der Waals surface area contributed by atoms with Gasteiger partial charge in [-0.05, 0) is 13.8 Å². The van der Waals surface area contributed by atoms with E-state index in [4.69, 9.17) is 0 Å². The van der Waals surface area contributed by atoms with E-state index in [-0.39, 0.29) is 17.6 Å². The van der Waals surface area contributed by atoms with Gasteiger partial charge >= 0.3 is 5.69 Å². The number of hydrogen-bond donors (Lipinski definition) is 3. The van der Waals surface area contributed by atoms with Crippen LogP contribution >= 0.6 is 0 Å². The van der Waals surface area contributed by atoms with Gasteiger partial charge in [0, 0.05) is 0 Å². The highest BCUT2D eigenvalue weighted by Gasteiger charge is 2.22. The zero-order valence-electron chi connectivity index (χ0n) is 9.85. The van der Waals surface area contributed by atoms with Crippen LogP contribution in [-0.4, -0.2) is 31.2 Å². The van der Waals surface area contributed by atoms with Gasteiger partial charge in [-0.15, -0.1) is 0 Å². The van der Waals surface area contributed by atoms with Crippen molar-refractivity contribution in [2.45, 2.75) is 19.4 Å². The van der Waals surface area contributed by atoms with Gasteiger partial charge in [-0.2, -0.15) is 0 Å². The standard InChI is InChI=1S/C10H12N4O4/c1-10(2,3-15)14-4-11-5-6(8(14)17)12-9(18)13-7(5)16/h4,15H,3H2,1-2H3,(H2,12,13,16,18). The number of fused-ring (bicyclic) bond motifs is 1. The normalized spacial score (nSPS) is 11.9. The molecule has 96 valence electrons. The molecule has 0 saturated heterocycles. The number of aromatic amines is 2. The van der Waals surface area contributed by atoms with Crippen LogP contribution in [0.4, 0.5) is 0 Å². The van der Waals surface area contributed by atoms with E-state index in [0.717, 1.165) is 0 Å². The van der Waals surface area contributed by atoms with Crippen molar-refractivity contribution in [3.8, 4) is 0 Å². The van der Waals surface area contributed by atoms with E-state index < -0.39 is 22.3 Å². The van der Waals surface area contributed by atoms with E-state index >= 15 is 0 Å². The molecule has 2 heterocycles. The number of nitrogens with zero attached hydrogens (tertiary/aromatic N) is 2. The highest BCUT2D eigenvalue weighted by Crippen LogP contribution is 2.10. The molecule has 18 heavy (non-hydrogen) atoms. The van der Waals surface area contributed by atoms with Gasteiger partial charge in [0.25, 0.3) is 11.1 Å². The van der Waals surface area contributed by atoms with Crippen LogP contribution in [0, 0.1) is 0 Å². The smallest absolute Gasteiger partial charge is 0.326 e. The van der Waals surface area contributed by atoms with Crippen molar-refractivity contribution in [3.63, 3.8) is 0 Å². The summed E-state index contributed by atoms with van der Waals surface area (Å²) in [6, 6.07) is 0. The lowest BCUT2D eigenvalue weighted by Crippen LogP contribution is -2.41. The predicted molar refractivity (Wildman–Crippen MR) is 63.7 cm³/mol. The van der Waals surface area contributed by atoms with Crippen molar-refractivity contribution in [1.82, 2.24) is 19.5 Å². The first kappa shape index (κ1) is 12.2. The van der Waals surface area contributed by atoms with E-state index in [0.29, 0.717) is 0 Å². The van der Waals surface area contributed by atoms with Crippen LogP contribution in [-0.2, 0) is 5.54 Å². The molecule has 0 atom stereocenters. The third-order valence-corrected chi connectivity index (χ3v) is 2.69. The molecule has 0 aromatic carbocycles. The molecule has 2 aromatic rings. The molecule has 0 unspecified atom stereocenters. The molecule has 0 radical (unpaired) electrons. The van der Waals surface area contributed by atoms with Crippen LogP contribution in [0.1, 0.15) is 13.8 Å². The van der Waals surface area contributed by atoms with Crippen LogP contribution in [0.2, 0.25) is 0 Å². The van der Waals surface area contributed by atoms with Crippen LogP contribution in [0.5, 0.6) is 0 Å². The van der Waals surface area contributed by atoms with Gasteiger partial charge < -0.3 is 10.1 Å². The van der Waals surface area contributed by atoms with Gasteiger partial charge in [0.1, 0.15) is 5.52 Å². The fraction of sp³-hybridized carbons (Fsp3) is 0.400. The minimum atomic E-state index is -0.877. The van der Waals surface area contributed by atoms with Crippen molar-refractivity contribution in [2.75, 3.05) is 6.61 Å². The molecule has 0 fully saturated rings. The Hall–Kier alpha value is -2.22. The Balaban J connectivity index is 2.93. The maximum absolute atomic E-state index is 12.1. The third kappa shape index (κ3) is 1.76. The fourth-order valence-corrected chi connectivity index (χ4v) is 1.55. The number of rotatable bonds is 2. The second-order valence-electron chi connectivity index (χ2n) is 4.52. The number of nitrogens with one attached hydrogen (secondary N) is 2. The summed E-state index contributed by atoms with van der Waals surface area (Å²) in [5.41, 5.74) is -3.26. The molecular weight excluding hydrogens is 240 g/mol. The molecule has 0 spiro atoms. The predicted octanol–water partition coefficient (Wildman–Crippen LogP) is -1.50. The number of aliphatic hydroxyl groups excluding tert-OH is 1. The molecule has 0 bridgehead atoms. The molecule has 0 aliphatic heterocycles. The Bertz CT molecular complexity index is 768. The molecule has 2 rings (SSSR count). The van der Waals surface area contributed by atoms with Gasteiger partial charge in [-0.25, -0.2) is 9.78 Å². The number of aromatic nitrogens is 4. The van der Waals surface area contributed by atoms with Crippen molar-refractivity contribution in [1.29, 1.82) is 0 Å². The lowest BCUT2D eigenvalue weighted by Gasteiger charge is -2.24. The minimum absolute atomic E-state index is 0.135. The lowest BCUT2D eigenvalue weighted by molar-refractivity contribution is 0.160. The van der Waals surface area contributed by atoms with Crippen LogP contribution in [0.3, 0.4) is 0 Å². The van der Waals surface area contributed by atoms with E-state index in [2.05, 4.69) is 9.97 Å². The Kier molecular flexibility index (Phi) is 2.66. The Morgan fingerprint density at radius 2 is 2.00 bits per heavy atom. The largest absolute Gasteiger partial charge is 0.394 e. The Morgan fingerprint density at radius 1 is 1.33 bits per heavy atom. The zero-order valence-corrected chi connectivity index (χ0v) is 9.85. The van der Waals surface area contributed by atoms with E-state index in [1.54, 1.807) is 13.8 Å². The van der Waals surface area contributed by atoms with Crippen LogP contribution in [0.15, 0.2) is 20.7 Å². The van der Waals surface area contributed by atoms with Crippen molar-refractivity contribution in [3.05, 3.63) is 37.5 Å². The monoisotopic (exact) mass is 252 g/mol. The Labute approximate surface area is 99.9 Å². The maximum Gasteiger partial charge on any atom is 0.326 e. The highest BCUT2D eigenvalue weighted by molar-refractivity contribution is 5.70. The summed E-state index contributed by atoms with van der Waals surface area (Å²) in [7, 11) is 0. The Morgan fingerprint density at radius 3 is 2.61 bits per heavy atom. The summed E-state index contributed by atoms with van der Waals surface area (Å²) in [6.07, 6.45) is 1.18. The molecule has 2 aromatic heterocycles. The first-order valence-electron chi connectivity index (χ1n) is 5.22. The van der Waals surface area contributed by atoms with Crippen molar-refractivity contribution >= 4 is 11.0 Å². The molecule has 0 saturated carbocycles. The molecule has 0 aliphatic rings. The molecule has 0 amide bonds. The zero-order chi connectivity index (χ0) is 13.5. The second-order valence-corrected chi connectivity index (χ2v) is 4.52. The number of aliphatic hydroxyl groups is 1. The first-order valence-corrected chi connectivity index (χ1v) is 5.22.